The maximum Gasteiger partial charge on any atom is 0.226 e. The maximum absolute atomic E-state index is 12.9. The van der Waals surface area contributed by atoms with Gasteiger partial charge in [-0.2, -0.15) is 0 Å². The Labute approximate surface area is 177 Å². The van der Waals surface area contributed by atoms with E-state index < -0.39 is 0 Å². The molecule has 0 aliphatic carbocycles. The lowest BCUT2D eigenvalue weighted by Crippen LogP contribution is -2.40. The maximum atomic E-state index is 12.9. The summed E-state index contributed by atoms with van der Waals surface area (Å²) in [5, 5.41) is 3.06. The van der Waals surface area contributed by atoms with Gasteiger partial charge >= 0.3 is 0 Å². The number of amides is 2. The highest BCUT2D eigenvalue weighted by Gasteiger charge is 2.30. The van der Waals surface area contributed by atoms with Crippen LogP contribution in [0.4, 0.5) is 11.4 Å². The molecule has 158 valence electrons. The topological polar surface area (TPSA) is 61.9 Å². The first-order valence-corrected chi connectivity index (χ1v) is 10.6. The van der Waals surface area contributed by atoms with Crippen molar-refractivity contribution in [3.63, 3.8) is 0 Å². The minimum Gasteiger partial charge on any atom is -0.378 e. The Morgan fingerprint density at radius 2 is 1.87 bits per heavy atom. The standard InChI is InChI=1S/C24H29N3O3/c1-17-15-20(26-11-13-30-14-12-26)7-8-22(17)25-24(29)16-23-21-6-4-3-5-19(21)9-10-27(23)18(2)28/h3-8,15,23H,9-14,16H2,1-2H3,(H,25,29). The molecule has 30 heavy (non-hydrogen) atoms. The molecule has 4 rings (SSSR count). The average molecular weight is 408 g/mol. The lowest BCUT2D eigenvalue weighted by atomic mass is 9.90. The number of fused-ring (bicyclic) bond motifs is 1. The Hall–Kier alpha value is -2.86. The SMILES string of the molecule is CC(=O)N1CCc2ccccc2C1CC(=O)Nc1ccc(N2CCOCC2)cc1C. The third-order valence-electron chi connectivity index (χ3n) is 6.06. The van der Waals surface area contributed by atoms with Gasteiger partial charge in [-0.3, -0.25) is 9.59 Å². The number of morpholine rings is 1. The second-order valence-electron chi connectivity index (χ2n) is 8.03. The largest absolute Gasteiger partial charge is 0.378 e. The second kappa shape index (κ2) is 8.88. The fourth-order valence-electron chi connectivity index (χ4n) is 4.43. The highest BCUT2D eigenvalue weighted by molar-refractivity contribution is 5.92. The quantitative estimate of drug-likeness (QED) is 0.845. The molecule has 1 fully saturated rings. The van der Waals surface area contributed by atoms with Gasteiger partial charge in [0.15, 0.2) is 0 Å². The number of nitrogens with zero attached hydrogens (tertiary/aromatic N) is 2. The van der Waals surface area contributed by atoms with Gasteiger partial charge in [0.05, 0.1) is 25.7 Å². The van der Waals surface area contributed by atoms with Crippen LogP contribution in [0.15, 0.2) is 42.5 Å². The van der Waals surface area contributed by atoms with Crippen LogP contribution in [0.2, 0.25) is 0 Å². The molecule has 2 amide bonds. The Morgan fingerprint density at radius 3 is 2.60 bits per heavy atom. The lowest BCUT2D eigenvalue weighted by molar-refractivity contribution is -0.132. The summed E-state index contributed by atoms with van der Waals surface area (Å²) in [5.41, 5.74) is 5.29. The zero-order chi connectivity index (χ0) is 21.1. The predicted octanol–water partition coefficient (Wildman–Crippen LogP) is 3.31. The number of carbonyl (C=O) groups excluding carboxylic acids is 2. The fraction of sp³-hybridized carbons (Fsp3) is 0.417. The van der Waals surface area contributed by atoms with E-state index >= 15 is 0 Å². The van der Waals surface area contributed by atoms with Crippen LogP contribution in [0.5, 0.6) is 0 Å². The van der Waals surface area contributed by atoms with Crippen LogP contribution in [0.3, 0.4) is 0 Å². The smallest absolute Gasteiger partial charge is 0.226 e. The number of benzene rings is 2. The van der Waals surface area contributed by atoms with Crippen molar-refractivity contribution in [3.05, 3.63) is 59.2 Å². The number of aryl methyl sites for hydroxylation is 1. The van der Waals surface area contributed by atoms with Crippen LogP contribution in [0, 0.1) is 6.92 Å². The first-order chi connectivity index (χ1) is 14.5. The molecule has 2 aromatic rings. The number of nitrogens with one attached hydrogen (secondary N) is 1. The van der Waals surface area contributed by atoms with Gasteiger partial charge in [0.2, 0.25) is 11.8 Å². The second-order valence-corrected chi connectivity index (χ2v) is 8.03. The summed E-state index contributed by atoms with van der Waals surface area (Å²) in [6.45, 7) is 7.49. The van der Waals surface area contributed by atoms with Crippen molar-refractivity contribution >= 4 is 23.2 Å². The van der Waals surface area contributed by atoms with Crippen molar-refractivity contribution < 1.29 is 14.3 Å². The molecule has 6 nitrogen and oxygen atoms in total. The van der Waals surface area contributed by atoms with E-state index in [0.717, 1.165) is 55.2 Å². The molecule has 0 spiro atoms. The summed E-state index contributed by atoms with van der Waals surface area (Å²) in [5.74, 6) is -0.0708. The number of ether oxygens (including phenoxy) is 1. The van der Waals surface area contributed by atoms with E-state index in [4.69, 9.17) is 4.74 Å². The van der Waals surface area contributed by atoms with Gasteiger partial charge in [0.25, 0.3) is 0 Å². The molecule has 1 saturated heterocycles. The van der Waals surface area contributed by atoms with E-state index in [0.29, 0.717) is 6.54 Å². The number of hydrogen-bond acceptors (Lipinski definition) is 4. The van der Waals surface area contributed by atoms with Crippen molar-refractivity contribution in [2.45, 2.75) is 32.7 Å². The van der Waals surface area contributed by atoms with Crippen molar-refractivity contribution in [2.24, 2.45) is 0 Å². The van der Waals surface area contributed by atoms with Crippen LogP contribution in [-0.4, -0.2) is 49.6 Å². The molecule has 0 bridgehead atoms. The van der Waals surface area contributed by atoms with Gasteiger partial charge < -0.3 is 19.9 Å². The molecule has 0 saturated carbocycles. The van der Waals surface area contributed by atoms with Crippen LogP contribution < -0.4 is 10.2 Å². The normalized spacial score (nSPS) is 18.7. The summed E-state index contributed by atoms with van der Waals surface area (Å²) in [6, 6.07) is 14.0. The zero-order valence-corrected chi connectivity index (χ0v) is 17.7. The summed E-state index contributed by atoms with van der Waals surface area (Å²) >= 11 is 0. The van der Waals surface area contributed by atoms with Crippen molar-refractivity contribution in [1.82, 2.24) is 4.90 Å². The van der Waals surface area contributed by atoms with Gasteiger partial charge in [-0.1, -0.05) is 24.3 Å². The molecule has 0 aromatic heterocycles. The van der Waals surface area contributed by atoms with E-state index in [9.17, 15) is 9.59 Å². The van der Waals surface area contributed by atoms with Gasteiger partial charge in [0, 0.05) is 37.9 Å². The Balaban J connectivity index is 1.48. The first kappa shape index (κ1) is 20.4. The van der Waals surface area contributed by atoms with Crippen LogP contribution in [0.1, 0.15) is 36.1 Å². The van der Waals surface area contributed by atoms with Gasteiger partial charge in [-0.25, -0.2) is 0 Å². The molecule has 2 heterocycles. The van der Waals surface area contributed by atoms with Gasteiger partial charge in [0.1, 0.15) is 0 Å². The number of carbonyl (C=O) groups is 2. The summed E-state index contributed by atoms with van der Waals surface area (Å²) in [7, 11) is 0. The Morgan fingerprint density at radius 1 is 1.10 bits per heavy atom. The molecule has 1 atom stereocenters. The van der Waals surface area contributed by atoms with E-state index in [-0.39, 0.29) is 24.3 Å². The van der Waals surface area contributed by atoms with E-state index in [1.54, 1.807) is 6.92 Å². The molecule has 0 radical (unpaired) electrons. The third-order valence-corrected chi connectivity index (χ3v) is 6.06. The molecular formula is C24H29N3O3. The molecule has 2 aliphatic rings. The van der Waals surface area contributed by atoms with Crippen molar-refractivity contribution in [1.29, 1.82) is 0 Å². The molecule has 1 unspecified atom stereocenters. The highest BCUT2D eigenvalue weighted by Crippen LogP contribution is 2.33. The molecule has 2 aliphatic heterocycles. The predicted molar refractivity (Wildman–Crippen MR) is 118 cm³/mol. The van der Waals surface area contributed by atoms with Crippen molar-refractivity contribution in [2.75, 3.05) is 43.1 Å². The lowest BCUT2D eigenvalue weighted by Gasteiger charge is -2.36. The number of rotatable bonds is 4. The number of hydrogen-bond donors (Lipinski definition) is 1. The fourth-order valence-corrected chi connectivity index (χ4v) is 4.43. The molecule has 1 N–H and O–H groups in total. The van der Waals surface area contributed by atoms with E-state index in [1.165, 1.54) is 5.56 Å². The Kier molecular flexibility index (Phi) is 6.04. The van der Waals surface area contributed by atoms with Gasteiger partial charge in [-0.05, 0) is 48.2 Å². The molecular weight excluding hydrogens is 378 g/mol. The van der Waals surface area contributed by atoms with Crippen LogP contribution >= 0.6 is 0 Å². The van der Waals surface area contributed by atoms with E-state index in [2.05, 4.69) is 22.3 Å². The summed E-state index contributed by atoms with van der Waals surface area (Å²) in [6.07, 6.45) is 1.08. The minimum absolute atomic E-state index is 0.00773. The molecule has 6 heteroatoms. The highest BCUT2D eigenvalue weighted by atomic mass is 16.5. The van der Waals surface area contributed by atoms with Crippen molar-refractivity contribution in [3.8, 4) is 0 Å². The monoisotopic (exact) mass is 407 g/mol. The summed E-state index contributed by atoms with van der Waals surface area (Å²) < 4.78 is 5.42. The molecule has 2 aromatic carbocycles. The average Bonchev–Trinajstić information content (AvgIpc) is 2.76. The summed E-state index contributed by atoms with van der Waals surface area (Å²) in [4.78, 5) is 29.2. The third kappa shape index (κ3) is 4.33. The van der Waals surface area contributed by atoms with Crippen LogP contribution in [0.25, 0.3) is 0 Å². The zero-order valence-electron chi connectivity index (χ0n) is 17.7. The Bertz CT molecular complexity index is 937. The van der Waals surface area contributed by atoms with E-state index in [1.807, 2.05) is 42.2 Å². The van der Waals surface area contributed by atoms with Gasteiger partial charge in [-0.15, -0.1) is 0 Å². The number of anilines is 2. The minimum atomic E-state index is -0.222. The first-order valence-electron chi connectivity index (χ1n) is 10.6. The van der Waals surface area contributed by atoms with Crippen LogP contribution in [-0.2, 0) is 20.7 Å².